The molecule has 0 radical (unpaired) electrons. The molecular weight excluding hydrogens is 562 g/mol. The molecule has 0 amide bonds. The van der Waals surface area contributed by atoms with Crippen molar-refractivity contribution in [2.75, 3.05) is 35.6 Å². The van der Waals surface area contributed by atoms with E-state index in [2.05, 4.69) is 25.6 Å². The maximum absolute atomic E-state index is 14.8. The highest BCUT2D eigenvalue weighted by Crippen LogP contribution is 2.32. The van der Waals surface area contributed by atoms with E-state index in [1.807, 2.05) is 13.8 Å². The summed E-state index contributed by atoms with van der Waals surface area (Å²) in [5.41, 5.74) is 0.607. The van der Waals surface area contributed by atoms with Crippen LogP contribution in [0.1, 0.15) is 38.2 Å². The first kappa shape index (κ1) is 29.8. The van der Waals surface area contributed by atoms with Gasteiger partial charge >= 0.3 is 6.18 Å². The summed E-state index contributed by atoms with van der Waals surface area (Å²) in [6, 6.07) is 3.22. The Morgan fingerprint density at radius 1 is 1.10 bits per heavy atom. The second-order valence-electron chi connectivity index (χ2n) is 10.0. The van der Waals surface area contributed by atoms with Crippen molar-refractivity contribution in [1.29, 1.82) is 0 Å². The second-order valence-corrected chi connectivity index (χ2v) is 11.9. The predicted octanol–water partition coefficient (Wildman–Crippen LogP) is 5.15. The molecule has 1 aromatic carbocycles. The Morgan fingerprint density at radius 2 is 1.80 bits per heavy atom. The van der Waals surface area contributed by atoms with Gasteiger partial charge < -0.3 is 10.6 Å². The normalized spacial score (nSPS) is 18.3. The number of benzene rings is 1. The van der Waals surface area contributed by atoms with Crippen molar-refractivity contribution < 1.29 is 34.8 Å². The van der Waals surface area contributed by atoms with Crippen LogP contribution in [0.15, 0.2) is 24.4 Å². The van der Waals surface area contributed by atoms with Crippen LogP contribution in [-0.4, -0.2) is 61.1 Å². The van der Waals surface area contributed by atoms with E-state index in [0.29, 0.717) is 42.1 Å². The van der Waals surface area contributed by atoms with Gasteiger partial charge in [0.2, 0.25) is 16.0 Å². The Morgan fingerprint density at radius 3 is 2.42 bits per heavy atom. The third-order valence-corrected chi connectivity index (χ3v) is 7.70. The average Bonchev–Trinajstić information content (AvgIpc) is 2.88. The molecule has 3 heterocycles. The van der Waals surface area contributed by atoms with E-state index in [9.17, 15) is 34.8 Å². The first-order valence-corrected chi connectivity index (χ1v) is 14.2. The maximum Gasteiger partial charge on any atom is 0.390 e. The van der Waals surface area contributed by atoms with Crippen molar-refractivity contribution in [1.82, 2.24) is 20.3 Å². The molecule has 3 N–H and O–H groups in total. The fourth-order valence-corrected chi connectivity index (χ4v) is 5.53. The number of aromatic nitrogens is 3. The lowest BCUT2D eigenvalue weighted by Crippen LogP contribution is -2.44. The van der Waals surface area contributed by atoms with Gasteiger partial charge in [-0.05, 0) is 36.1 Å². The fourth-order valence-electron chi connectivity index (χ4n) is 4.42. The van der Waals surface area contributed by atoms with Crippen LogP contribution >= 0.6 is 0 Å². The largest absolute Gasteiger partial charge is 0.390 e. The summed E-state index contributed by atoms with van der Waals surface area (Å²) in [7, 11) is -4.67. The molecule has 8 nitrogen and oxygen atoms in total. The minimum atomic E-state index is -4.75. The number of hydrogen-bond acceptors (Lipinski definition) is 7. The van der Waals surface area contributed by atoms with Crippen molar-refractivity contribution in [2.24, 2.45) is 5.92 Å². The number of anilines is 2. The molecular formula is C25H28F6N6O2S. The highest BCUT2D eigenvalue weighted by Gasteiger charge is 2.31. The summed E-state index contributed by atoms with van der Waals surface area (Å²) < 4.78 is 105. The van der Waals surface area contributed by atoms with Crippen LogP contribution < -0.4 is 15.4 Å². The standard InChI is InChI=1S/C25H28F6N6O2S/c1-13(2)17-8-20(15-6-18(27)23(19(28)7-15)37-40(38,39)4-3-25(29,30)31)35-21-12-33-24(36-22(17)21)34-16-5-14(9-26)10-32-11-16/h6-8,12-14,16,32,37H,3-5,9-11H2,1-2H3,(H,33,34,36)/t14-,16-/m0/s1. The molecule has 0 bridgehead atoms. The van der Waals surface area contributed by atoms with Gasteiger partial charge in [0, 0.05) is 30.6 Å². The molecule has 15 heteroatoms. The SMILES string of the molecule is CC(C)c1cc(-c2cc(F)c(NS(=O)(=O)CCC(F)(F)F)c(F)c2)nc2cnc(N[C@@H]3CNC[C@H](CF)C3)nc12. The summed E-state index contributed by atoms with van der Waals surface area (Å²) in [6.07, 6.45) is -4.35. The maximum atomic E-state index is 14.8. The quantitative estimate of drug-likeness (QED) is 0.296. The molecule has 3 aromatic rings. The molecule has 1 fully saturated rings. The van der Waals surface area contributed by atoms with Crippen molar-refractivity contribution in [2.45, 2.75) is 44.8 Å². The molecule has 0 saturated carbocycles. The van der Waals surface area contributed by atoms with Gasteiger partial charge in [0.25, 0.3) is 0 Å². The van der Waals surface area contributed by atoms with Gasteiger partial charge in [-0.25, -0.2) is 32.2 Å². The lowest BCUT2D eigenvalue weighted by Gasteiger charge is -2.29. The zero-order valence-corrected chi connectivity index (χ0v) is 22.4. The molecule has 40 heavy (non-hydrogen) atoms. The first-order valence-electron chi connectivity index (χ1n) is 12.5. The molecule has 1 aliphatic heterocycles. The van der Waals surface area contributed by atoms with E-state index >= 15 is 0 Å². The van der Waals surface area contributed by atoms with Crippen molar-refractivity contribution in [3.05, 3.63) is 41.6 Å². The van der Waals surface area contributed by atoms with Gasteiger partial charge in [-0.3, -0.25) is 9.11 Å². The second kappa shape index (κ2) is 11.7. The Balaban J connectivity index is 1.63. The van der Waals surface area contributed by atoms with E-state index in [4.69, 9.17) is 0 Å². The van der Waals surface area contributed by atoms with Gasteiger partial charge in [0.1, 0.15) is 11.2 Å². The van der Waals surface area contributed by atoms with Crippen molar-refractivity contribution in [3.8, 4) is 11.3 Å². The Hall–Kier alpha value is -3.20. The van der Waals surface area contributed by atoms with Crippen LogP contribution in [-0.2, 0) is 10.0 Å². The number of pyridine rings is 1. The fraction of sp³-hybridized carbons (Fsp3) is 0.480. The van der Waals surface area contributed by atoms with E-state index in [1.165, 1.54) is 6.20 Å². The molecule has 0 unspecified atom stereocenters. The summed E-state index contributed by atoms with van der Waals surface area (Å²) in [4.78, 5) is 13.3. The van der Waals surface area contributed by atoms with Crippen LogP contribution in [0, 0.1) is 17.6 Å². The van der Waals surface area contributed by atoms with Crippen LogP contribution in [0.3, 0.4) is 0 Å². The number of halogens is 6. The minimum Gasteiger partial charge on any atom is -0.350 e. The highest BCUT2D eigenvalue weighted by molar-refractivity contribution is 7.92. The third-order valence-electron chi connectivity index (χ3n) is 6.44. The first-order chi connectivity index (χ1) is 18.7. The lowest BCUT2D eigenvalue weighted by molar-refractivity contribution is -0.129. The number of nitrogens with one attached hydrogen (secondary N) is 3. The number of fused-ring (bicyclic) bond motifs is 1. The van der Waals surface area contributed by atoms with Gasteiger partial charge in [-0.15, -0.1) is 0 Å². The molecule has 4 rings (SSSR count). The Bertz CT molecular complexity index is 1460. The third kappa shape index (κ3) is 7.30. The number of sulfonamides is 1. The lowest BCUT2D eigenvalue weighted by atomic mass is 9.97. The van der Waals surface area contributed by atoms with E-state index in [-0.39, 0.29) is 29.1 Å². The molecule has 1 saturated heterocycles. The van der Waals surface area contributed by atoms with Gasteiger partial charge in [0.15, 0.2) is 11.6 Å². The highest BCUT2D eigenvalue weighted by atomic mass is 32.2. The van der Waals surface area contributed by atoms with Crippen LogP contribution in [0.2, 0.25) is 0 Å². The molecule has 218 valence electrons. The number of alkyl halides is 4. The average molecular weight is 591 g/mol. The molecule has 1 aliphatic rings. The van der Waals surface area contributed by atoms with Gasteiger partial charge in [0.05, 0.1) is 36.3 Å². The van der Waals surface area contributed by atoms with Gasteiger partial charge in [-0.2, -0.15) is 13.2 Å². The predicted molar refractivity (Wildman–Crippen MR) is 139 cm³/mol. The summed E-state index contributed by atoms with van der Waals surface area (Å²) in [5.74, 6) is -3.89. The summed E-state index contributed by atoms with van der Waals surface area (Å²) >= 11 is 0. The van der Waals surface area contributed by atoms with Gasteiger partial charge in [-0.1, -0.05) is 13.8 Å². The van der Waals surface area contributed by atoms with Crippen LogP contribution in [0.4, 0.5) is 38.0 Å². The summed E-state index contributed by atoms with van der Waals surface area (Å²) in [5, 5.41) is 6.38. The number of rotatable bonds is 9. The van der Waals surface area contributed by atoms with E-state index in [1.54, 1.807) is 10.8 Å². The molecule has 0 aliphatic carbocycles. The zero-order valence-electron chi connectivity index (χ0n) is 21.6. The van der Waals surface area contributed by atoms with Crippen LogP contribution in [0.5, 0.6) is 0 Å². The zero-order chi connectivity index (χ0) is 29.2. The minimum absolute atomic E-state index is 0.0233. The molecule has 2 atom stereocenters. The molecule has 2 aromatic heterocycles. The number of hydrogen-bond donors (Lipinski definition) is 3. The number of piperidine rings is 1. The Kier molecular flexibility index (Phi) is 8.73. The monoisotopic (exact) mass is 590 g/mol. The number of nitrogens with zero attached hydrogens (tertiary/aromatic N) is 3. The van der Waals surface area contributed by atoms with Crippen molar-refractivity contribution in [3.63, 3.8) is 0 Å². The smallest absolute Gasteiger partial charge is 0.350 e. The van der Waals surface area contributed by atoms with Crippen molar-refractivity contribution >= 4 is 32.7 Å². The Labute approximate surface area is 227 Å². The van der Waals surface area contributed by atoms with Crippen LogP contribution in [0.25, 0.3) is 22.3 Å². The van der Waals surface area contributed by atoms with E-state index < -0.39 is 52.4 Å². The van der Waals surface area contributed by atoms with E-state index in [0.717, 1.165) is 12.1 Å². The summed E-state index contributed by atoms with van der Waals surface area (Å²) in [6.45, 7) is 4.58. The molecule has 0 spiro atoms. The topological polar surface area (TPSA) is 109 Å².